The van der Waals surface area contributed by atoms with Crippen molar-refractivity contribution in [3.8, 4) is 0 Å². The molecule has 122 valence electrons. The second-order valence-corrected chi connectivity index (χ2v) is 5.30. The maximum atomic E-state index is 12.2. The summed E-state index contributed by atoms with van der Waals surface area (Å²) in [6.45, 7) is 0. The van der Waals surface area contributed by atoms with Gasteiger partial charge in [0.15, 0.2) is 6.04 Å². The number of fused-ring (bicyclic) bond motifs is 1. The first kappa shape index (κ1) is 15.7. The third-order valence-electron chi connectivity index (χ3n) is 3.68. The maximum absolute atomic E-state index is 12.2. The quantitative estimate of drug-likeness (QED) is 0.729. The van der Waals surface area contributed by atoms with Gasteiger partial charge in [0.1, 0.15) is 6.26 Å². The van der Waals surface area contributed by atoms with Gasteiger partial charge in [-0.1, -0.05) is 41.6 Å². The van der Waals surface area contributed by atoms with Crippen LogP contribution in [0.15, 0.2) is 59.3 Å². The zero-order valence-corrected chi connectivity index (χ0v) is 13.1. The number of nitrogens with zero attached hydrogens (tertiary/aromatic N) is 1. The molecular weight excluding hydrogens is 308 g/mol. The average Bonchev–Trinajstić information content (AvgIpc) is 3.11. The van der Waals surface area contributed by atoms with Crippen LogP contribution in [0.5, 0.6) is 0 Å². The molecule has 6 heteroatoms. The number of benzene rings is 2. The molecule has 0 aliphatic heterocycles. The lowest BCUT2D eigenvalue weighted by Crippen LogP contribution is -2.35. The van der Waals surface area contributed by atoms with Gasteiger partial charge in [0.05, 0.1) is 19.2 Å². The van der Waals surface area contributed by atoms with E-state index in [4.69, 9.17) is 9.26 Å². The SMILES string of the molecule is COC(=O)[C@H](NC(=O)Cc1ccon1)c1ccc2ccccc2c1. The van der Waals surface area contributed by atoms with Crippen LogP contribution in [0.25, 0.3) is 10.8 Å². The minimum absolute atomic E-state index is 0.0254. The Morgan fingerprint density at radius 1 is 1.17 bits per heavy atom. The van der Waals surface area contributed by atoms with E-state index >= 15 is 0 Å². The van der Waals surface area contributed by atoms with E-state index in [1.165, 1.54) is 13.4 Å². The first-order valence-corrected chi connectivity index (χ1v) is 7.42. The van der Waals surface area contributed by atoms with Gasteiger partial charge in [-0.2, -0.15) is 0 Å². The minimum Gasteiger partial charge on any atom is -0.467 e. The smallest absolute Gasteiger partial charge is 0.333 e. The Morgan fingerprint density at radius 2 is 1.96 bits per heavy atom. The molecule has 1 amide bonds. The molecule has 3 rings (SSSR count). The highest BCUT2D eigenvalue weighted by Crippen LogP contribution is 2.21. The lowest BCUT2D eigenvalue weighted by Gasteiger charge is -2.17. The Morgan fingerprint density at radius 3 is 2.67 bits per heavy atom. The maximum Gasteiger partial charge on any atom is 0.333 e. The molecule has 1 N–H and O–H groups in total. The first-order valence-electron chi connectivity index (χ1n) is 7.42. The molecule has 0 spiro atoms. The van der Waals surface area contributed by atoms with Crippen LogP contribution in [0.3, 0.4) is 0 Å². The van der Waals surface area contributed by atoms with Crippen LogP contribution >= 0.6 is 0 Å². The van der Waals surface area contributed by atoms with Gasteiger partial charge in [-0.15, -0.1) is 0 Å². The Bertz CT molecular complexity index is 858. The summed E-state index contributed by atoms with van der Waals surface area (Å²) in [5, 5.41) is 8.42. The molecule has 0 radical (unpaired) electrons. The second-order valence-electron chi connectivity index (χ2n) is 5.30. The summed E-state index contributed by atoms with van der Waals surface area (Å²) in [5.74, 6) is -0.869. The van der Waals surface area contributed by atoms with Gasteiger partial charge in [-0.3, -0.25) is 4.79 Å². The lowest BCUT2D eigenvalue weighted by atomic mass is 10.0. The number of carbonyl (C=O) groups excluding carboxylic acids is 2. The molecule has 2 aromatic carbocycles. The zero-order valence-electron chi connectivity index (χ0n) is 13.1. The fourth-order valence-electron chi connectivity index (χ4n) is 2.49. The number of hydrogen-bond acceptors (Lipinski definition) is 5. The van der Waals surface area contributed by atoms with Crippen molar-refractivity contribution in [2.75, 3.05) is 7.11 Å². The Kier molecular flexibility index (Phi) is 4.56. The van der Waals surface area contributed by atoms with Crippen molar-refractivity contribution < 1.29 is 18.8 Å². The van der Waals surface area contributed by atoms with Crippen LogP contribution in [0.2, 0.25) is 0 Å². The topological polar surface area (TPSA) is 81.4 Å². The largest absolute Gasteiger partial charge is 0.467 e. The molecule has 1 heterocycles. The summed E-state index contributed by atoms with van der Waals surface area (Å²) in [7, 11) is 1.29. The van der Waals surface area contributed by atoms with Gasteiger partial charge >= 0.3 is 5.97 Å². The number of hydrogen-bond donors (Lipinski definition) is 1. The van der Waals surface area contributed by atoms with E-state index in [0.717, 1.165) is 10.8 Å². The predicted molar refractivity (Wildman–Crippen MR) is 87.1 cm³/mol. The van der Waals surface area contributed by atoms with Crippen molar-refractivity contribution in [3.05, 3.63) is 66.1 Å². The molecule has 0 saturated carbocycles. The highest BCUT2D eigenvalue weighted by Gasteiger charge is 2.24. The molecule has 0 aliphatic carbocycles. The Labute approximate surface area is 138 Å². The molecule has 1 atom stereocenters. The number of ether oxygens (including phenoxy) is 1. The van der Waals surface area contributed by atoms with Crippen molar-refractivity contribution in [3.63, 3.8) is 0 Å². The van der Waals surface area contributed by atoms with Gasteiger partial charge in [0, 0.05) is 6.07 Å². The first-order chi connectivity index (χ1) is 11.7. The van der Waals surface area contributed by atoms with Gasteiger partial charge < -0.3 is 14.6 Å². The summed E-state index contributed by atoms with van der Waals surface area (Å²) in [6, 6.07) is 14.1. The Hall–Kier alpha value is -3.15. The predicted octanol–water partition coefficient (Wildman–Crippen LogP) is 2.40. The number of esters is 1. The number of aromatic nitrogens is 1. The summed E-state index contributed by atoms with van der Waals surface area (Å²) >= 11 is 0. The van der Waals surface area contributed by atoms with Crippen molar-refractivity contribution in [1.82, 2.24) is 10.5 Å². The van der Waals surface area contributed by atoms with E-state index in [9.17, 15) is 9.59 Å². The van der Waals surface area contributed by atoms with E-state index in [2.05, 4.69) is 10.5 Å². The number of amides is 1. The van der Waals surface area contributed by atoms with Crippen LogP contribution in [0.4, 0.5) is 0 Å². The minimum atomic E-state index is -0.876. The fourth-order valence-corrected chi connectivity index (χ4v) is 2.49. The van der Waals surface area contributed by atoms with Crippen molar-refractivity contribution in [2.45, 2.75) is 12.5 Å². The summed E-state index contributed by atoms with van der Waals surface area (Å²) < 4.78 is 9.53. The van der Waals surface area contributed by atoms with Gasteiger partial charge in [0.25, 0.3) is 0 Å². The molecule has 1 aromatic heterocycles. The summed E-state index contributed by atoms with van der Waals surface area (Å²) in [4.78, 5) is 24.3. The van der Waals surface area contributed by atoms with Gasteiger partial charge in [-0.05, 0) is 22.4 Å². The second kappa shape index (κ2) is 6.95. The molecule has 6 nitrogen and oxygen atoms in total. The van der Waals surface area contributed by atoms with Crippen molar-refractivity contribution in [2.24, 2.45) is 0 Å². The van der Waals surface area contributed by atoms with E-state index in [-0.39, 0.29) is 12.3 Å². The standard InChI is InChI=1S/C18H16N2O4/c1-23-18(22)17(19-16(21)11-15-8-9-24-20-15)14-7-6-12-4-2-3-5-13(12)10-14/h2-10,17H,11H2,1H3,(H,19,21)/t17-/m1/s1. The molecule has 0 aliphatic rings. The van der Waals surface area contributed by atoms with Crippen molar-refractivity contribution >= 4 is 22.6 Å². The van der Waals surface area contributed by atoms with E-state index in [1.54, 1.807) is 12.1 Å². The van der Waals surface area contributed by atoms with Crippen LogP contribution in [-0.4, -0.2) is 24.1 Å². The number of methoxy groups -OCH3 is 1. The van der Waals surface area contributed by atoms with Crippen LogP contribution in [0, 0.1) is 0 Å². The fraction of sp³-hybridized carbons (Fsp3) is 0.167. The Balaban J connectivity index is 1.84. The average molecular weight is 324 g/mol. The molecule has 0 fully saturated rings. The van der Waals surface area contributed by atoms with Crippen LogP contribution in [0.1, 0.15) is 17.3 Å². The summed E-state index contributed by atoms with van der Waals surface area (Å²) in [6.07, 6.45) is 1.42. The number of nitrogens with one attached hydrogen (secondary N) is 1. The van der Waals surface area contributed by atoms with Crippen molar-refractivity contribution in [1.29, 1.82) is 0 Å². The summed E-state index contributed by atoms with van der Waals surface area (Å²) in [5.41, 5.74) is 1.16. The lowest BCUT2D eigenvalue weighted by molar-refractivity contribution is -0.145. The van der Waals surface area contributed by atoms with E-state index < -0.39 is 12.0 Å². The monoisotopic (exact) mass is 324 g/mol. The van der Waals surface area contributed by atoms with Crippen LogP contribution < -0.4 is 5.32 Å². The highest BCUT2D eigenvalue weighted by molar-refractivity contribution is 5.89. The number of rotatable bonds is 5. The third kappa shape index (κ3) is 3.43. The third-order valence-corrected chi connectivity index (χ3v) is 3.68. The van der Waals surface area contributed by atoms with Gasteiger partial charge in [-0.25, -0.2) is 4.79 Å². The molecule has 0 saturated heterocycles. The normalized spacial score (nSPS) is 11.9. The number of carbonyl (C=O) groups is 2. The molecule has 24 heavy (non-hydrogen) atoms. The molecule has 0 bridgehead atoms. The molecule has 0 unspecified atom stereocenters. The highest BCUT2D eigenvalue weighted by atomic mass is 16.5. The van der Waals surface area contributed by atoms with Crippen LogP contribution in [-0.2, 0) is 20.7 Å². The van der Waals surface area contributed by atoms with Gasteiger partial charge in [0.2, 0.25) is 5.91 Å². The van der Waals surface area contributed by atoms with E-state index in [1.807, 2.05) is 36.4 Å². The van der Waals surface area contributed by atoms with E-state index in [0.29, 0.717) is 11.3 Å². The molecule has 3 aromatic rings. The zero-order chi connectivity index (χ0) is 16.9. The molecular formula is C18H16N2O4.